The number of amides is 2. The fraction of sp³-hybridized carbons (Fsp3) is 0.111. The third kappa shape index (κ3) is 3.83. The topological polar surface area (TPSA) is 54.0 Å². The Hall–Kier alpha value is -2.95. The monoisotopic (exact) mass is 309 g/mol. The van der Waals surface area contributed by atoms with Crippen molar-refractivity contribution in [2.75, 3.05) is 11.9 Å². The van der Waals surface area contributed by atoms with Crippen LogP contribution in [-0.2, 0) is 6.42 Å². The molecule has 23 heavy (non-hydrogen) atoms. The number of anilines is 1. The number of pyridine rings is 1. The zero-order chi connectivity index (χ0) is 16.1. The van der Waals surface area contributed by atoms with E-state index in [4.69, 9.17) is 0 Å². The van der Waals surface area contributed by atoms with Crippen molar-refractivity contribution in [3.8, 4) is 0 Å². The minimum atomic E-state index is -0.286. The maximum atomic E-state index is 13.1. The van der Waals surface area contributed by atoms with Crippen LogP contribution in [0.25, 0.3) is 10.8 Å². The SMILES string of the molecule is O=C(NCCc1cccc(F)c1)Nc1cccc2cnccc12. The van der Waals surface area contributed by atoms with Gasteiger partial charge in [-0.05, 0) is 36.2 Å². The number of hydrogen-bond acceptors (Lipinski definition) is 2. The van der Waals surface area contributed by atoms with Crippen molar-refractivity contribution in [1.29, 1.82) is 0 Å². The summed E-state index contributed by atoms with van der Waals surface area (Å²) < 4.78 is 13.1. The van der Waals surface area contributed by atoms with E-state index in [-0.39, 0.29) is 11.8 Å². The molecule has 2 amide bonds. The number of fused-ring (bicyclic) bond motifs is 1. The first-order chi connectivity index (χ1) is 11.2. The molecule has 0 bridgehead atoms. The Morgan fingerprint density at radius 1 is 1.13 bits per heavy atom. The molecule has 1 heterocycles. The molecule has 0 spiro atoms. The number of benzene rings is 2. The second kappa shape index (κ2) is 6.87. The third-order valence-electron chi connectivity index (χ3n) is 3.52. The predicted octanol–water partition coefficient (Wildman–Crippen LogP) is 3.74. The van der Waals surface area contributed by atoms with E-state index in [1.54, 1.807) is 18.5 Å². The summed E-state index contributed by atoms with van der Waals surface area (Å²) in [5.41, 5.74) is 1.58. The van der Waals surface area contributed by atoms with Gasteiger partial charge in [0, 0.05) is 29.7 Å². The van der Waals surface area contributed by atoms with Crippen LogP contribution in [0.2, 0.25) is 0 Å². The van der Waals surface area contributed by atoms with Crippen LogP contribution in [-0.4, -0.2) is 17.6 Å². The molecule has 0 aliphatic carbocycles. The average Bonchev–Trinajstić information content (AvgIpc) is 2.55. The van der Waals surface area contributed by atoms with Crippen LogP contribution in [0, 0.1) is 5.82 Å². The van der Waals surface area contributed by atoms with E-state index in [0.717, 1.165) is 22.0 Å². The molecule has 0 fully saturated rings. The fourth-order valence-corrected chi connectivity index (χ4v) is 2.41. The number of rotatable bonds is 4. The lowest BCUT2D eigenvalue weighted by molar-refractivity contribution is 0.252. The van der Waals surface area contributed by atoms with Crippen molar-refractivity contribution >= 4 is 22.5 Å². The molecule has 0 saturated heterocycles. The summed E-state index contributed by atoms with van der Waals surface area (Å²) in [5.74, 6) is -0.267. The van der Waals surface area contributed by atoms with Crippen LogP contribution in [0.4, 0.5) is 14.9 Å². The number of urea groups is 1. The molecule has 0 aliphatic heterocycles. The minimum absolute atomic E-state index is 0.267. The van der Waals surface area contributed by atoms with Crippen LogP contribution < -0.4 is 10.6 Å². The van der Waals surface area contributed by atoms with Gasteiger partial charge in [-0.25, -0.2) is 9.18 Å². The van der Waals surface area contributed by atoms with Crippen molar-refractivity contribution in [2.45, 2.75) is 6.42 Å². The standard InChI is InChI=1S/C18H16FN3O/c19-15-5-1-3-13(11-15)7-10-21-18(23)22-17-6-2-4-14-12-20-9-8-16(14)17/h1-6,8-9,11-12H,7,10H2,(H2,21,22,23). The molecule has 2 aromatic carbocycles. The lowest BCUT2D eigenvalue weighted by Crippen LogP contribution is -2.30. The molecule has 116 valence electrons. The molecular weight excluding hydrogens is 293 g/mol. The largest absolute Gasteiger partial charge is 0.338 e. The van der Waals surface area contributed by atoms with Gasteiger partial charge in [-0.1, -0.05) is 24.3 Å². The first-order valence-electron chi connectivity index (χ1n) is 7.34. The molecule has 5 heteroatoms. The summed E-state index contributed by atoms with van der Waals surface area (Å²) in [6.07, 6.45) is 4.02. The highest BCUT2D eigenvalue weighted by Crippen LogP contribution is 2.21. The highest BCUT2D eigenvalue weighted by molar-refractivity contribution is 6.01. The maximum Gasteiger partial charge on any atom is 0.319 e. The molecule has 0 aliphatic rings. The van der Waals surface area contributed by atoms with Gasteiger partial charge in [0.25, 0.3) is 0 Å². The summed E-state index contributed by atoms with van der Waals surface area (Å²) >= 11 is 0. The van der Waals surface area contributed by atoms with Crippen LogP contribution in [0.1, 0.15) is 5.56 Å². The quantitative estimate of drug-likeness (QED) is 0.771. The summed E-state index contributed by atoms with van der Waals surface area (Å²) in [6, 6.07) is 13.6. The lowest BCUT2D eigenvalue weighted by atomic mass is 10.1. The van der Waals surface area contributed by atoms with E-state index < -0.39 is 0 Å². The highest BCUT2D eigenvalue weighted by atomic mass is 19.1. The van der Waals surface area contributed by atoms with Gasteiger partial charge in [0.05, 0.1) is 5.69 Å². The van der Waals surface area contributed by atoms with Gasteiger partial charge >= 0.3 is 6.03 Å². The smallest absolute Gasteiger partial charge is 0.319 e. The Morgan fingerprint density at radius 3 is 2.87 bits per heavy atom. The Morgan fingerprint density at radius 2 is 2.00 bits per heavy atom. The number of carbonyl (C=O) groups excluding carboxylic acids is 1. The van der Waals surface area contributed by atoms with Crippen LogP contribution in [0.3, 0.4) is 0 Å². The molecule has 3 aromatic rings. The molecular formula is C18H16FN3O. The normalized spacial score (nSPS) is 10.5. The fourth-order valence-electron chi connectivity index (χ4n) is 2.41. The first kappa shape index (κ1) is 15.0. The zero-order valence-corrected chi connectivity index (χ0v) is 12.4. The lowest BCUT2D eigenvalue weighted by Gasteiger charge is -2.10. The van der Waals surface area contributed by atoms with Gasteiger partial charge in [-0.2, -0.15) is 0 Å². The van der Waals surface area contributed by atoms with Gasteiger partial charge in [-0.3, -0.25) is 4.98 Å². The number of nitrogens with one attached hydrogen (secondary N) is 2. The molecule has 0 saturated carbocycles. The first-order valence-corrected chi connectivity index (χ1v) is 7.34. The Kier molecular flexibility index (Phi) is 4.47. The number of nitrogens with zero attached hydrogens (tertiary/aromatic N) is 1. The molecule has 4 nitrogen and oxygen atoms in total. The molecule has 1 aromatic heterocycles. The Balaban J connectivity index is 1.59. The van der Waals surface area contributed by atoms with Crippen molar-refractivity contribution in [3.63, 3.8) is 0 Å². The van der Waals surface area contributed by atoms with E-state index >= 15 is 0 Å². The summed E-state index contributed by atoms with van der Waals surface area (Å²) in [4.78, 5) is 16.1. The molecule has 3 rings (SSSR count). The van der Waals surface area contributed by atoms with Crippen LogP contribution in [0.15, 0.2) is 60.9 Å². The highest BCUT2D eigenvalue weighted by Gasteiger charge is 2.05. The average molecular weight is 309 g/mol. The van der Waals surface area contributed by atoms with E-state index in [1.807, 2.05) is 30.3 Å². The molecule has 2 N–H and O–H groups in total. The summed E-state index contributed by atoms with van der Waals surface area (Å²) in [7, 11) is 0. The number of aromatic nitrogens is 1. The van der Waals surface area contributed by atoms with E-state index in [2.05, 4.69) is 15.6 Å². The number of halogens is 1. The summed E-state index contributed by atoms with van der Waals surface area (Å²) in [6.45, 7) is 0.432. The van der Waals surface area contributed by atoms with Gasteiger partial charge in [0.2, 0.25) is 0 Å². The van der Waals surface area contributed by atoms with E-state index in [9.17, 15) is 9.18 Å². The van der Waals surface area contributed by atoms with Crippen molar-refractivity contribution in [2.24, 2.45) is 0 Å². The predicted molar refractivity (Wildman–Crippen MR) is 88.9 cm³/mol. The Bertz CT molecular complexity index is 830. The van der Waals surface area contributed by atoms with E-state index in [1.165, 1.54) is 12.1 Å². The summed E-state index contributed by atoms with van der Waals surface area (Å²) in [5, 5.41) is 7.50. The molecule has 0 radical (unpaired) electrons. The second-order valence-corrected chi connectivity index (χ2v) is 5.16. The zero-order valence-electron chi connectivity index (χ0n) is 12.4. The van der Waals surface area contributed by atoms with Gasteiger partial charge in [-0.15, -0.1) is 0 Å². The van der Waals surface area contributed by atoms with Crippen molar-refractivity contribution in [1.82, 2.24) is 10.3 Å². The maximum absolute atomic E-state index is 13.1. The van der Waals surface area contributed by atoms with Gasteiger partial charge in [0.1, 0.15) is 5.82 Å². The van der Waals surface area contributed by atoms with Crippen molar-refractivity contribution in [3.05, 3.63) is 72.3 Å². The van der Waals surface area contributed by atoms with Gasteiger partial charge in [0.15, 0.2) is 0 Å². The van der Waals surface area contributed by atoms with Crippen molar-refractivity contribution < 1.29 is 9.18 Å². The number of carbonyl (C=O) groups is 1. The van der Waals surface area contributed by atoms with Gasteiger partial charge < -0.3 is 10.6 Å². The third-order valence-corrected chi connectivity index (χ3v) is 3.52. The van der Waals surface area contributed by atoms with Crippen LogP contribution >= 0.6 is 0 Å². The van der Waals surface area contributed by atoms with E-state index in [0.29, 0.717) is 13.0 Å². The van der Waals surface area contributed by atoms with Crippen LogP contribution in [0.5, 0.6) is 0 Å². The Labute approximate surface area is 133 Å². The second-order valence-electron chi connectivity index (χ2n) is 5.16. The minimum Gasteiger partial charge on any atom is -0.338 e. The molecule has 0 atom stereocenters. The number of hydrogen-bond donors (Lipinski definition) is 2. The molecule has 0 unspecified atom stereocenters.